The Kier molecular flexibility index (Phi) is 3.09. The summed E-state index contributed by atoms with van der Waals surface area (Å²) in [5, 5.41) is 2.97. The van der Waals surface area contributed by atoms with Gasteiger partial charge in [-0.2, -0.15) is 0 Å². The van der Waals surface area contributed by atoms with Crippen molar-refractivity contribution in [2.24, 2.45) is 0 Å². The molecule has 0 aromatic rings. The number of nitrogens with one attached hydrogen (secondary N) is 1. The Bertz CT molecular complexity index is 337. The van der Waals surface area contributed by atoms with Crippen molar-refractivity contribution in [3.05, 3.63) is 47.9 Å². The van der Waals surface area contributed by atoms with Crippen molar-refractivity contribution in [3.63, 3.8) is 0 Å². The fourth-order valence-corrected chi connectivity index (χ4v) is 1.30. The molecule has 2 aliphatic rings. The van der Waals surface area contributed by atoms with Gasteiger partial charge in [0.25, 0.3) is 0 Å². The lowest BCUT2D eigenvalue weighted by Gasteiger charge is -2.06. The molecule has 2 nitrogen and oxygen atoms in total. The summed E-state index contributed by atoms with van der Waals surface area (Å²) in [5.41, 5.74) is 2.21. The number of hydrogen-bond acceptors (Lipinski definition) is 2. The molecule has 0 unspecified atom stereocenters. The molecule has 13 heavy (non-hydrogen) atoms. The summed E-state index contributed by atoms with van der Waals surface area (Å²) >= 11 is 0. The Morgan fingerprint density at radius 3 is 2.69 bits per heavy atom. The van der Waals surface area contributed by atoms with E-state index in [1.807, 2.05) is 30.6 Å². The molecule has 0 bridgehead atoms. The van der Waals surface area contributed by atoms with E-state index in [2.05, 4.69) is 5.32 Å². The summed E-state index contributed by atoms with van der Waals surface area (Å²) < 4.78 is 0. The quantitative estimate of drug-likeness (QED) is 0.640. The van der Waals surface area contributed by atoms with Crippen molar-refractivity contribution in [2.75, 3.05) is 0 Å². The minimum Gasteiger partial charge on any atom is -0.368 e. The molecule has 0 saturated carbocycles. The number of allylic oxidation sites excluding steroid dienone is 6. The SMILES string of the molecule is Cl.O=C1C=CC2=C(C=CNC=C2)C1. The van der Waals surface area contributed by atoms with Crippen LogP contribution in [-0.4, -0.2) is 5.78 Å². The zero-order valence-electron chi connectivity index (χ0n) is 6.99. The normalized spacial score (nSPS) is 18.9. The topological polar surface area (TPSA) is 29.1 Å². The Balaban J connectivity index is 0.000000845. The first kappa shape index (κ1) is 9.81. The highest BCUT2D eigenvalue weighted by atomic mass is 35.5. The monoisotopic (exact) mass is 195 g/mol. The highest BCUT2D eigenvalue weighted by Crippen LogP contribution is 2.19. The molecule has 68 valence electrons. The van der Waals surface area contributed by atoms with Gasteiger partial charge in [-0.3, -0.25) is 4.79 Å². The lowest BCUT2D eigenvalue weighted by Crippen LogP contribution is -2.00. The number of hydrogen-bond donors (Lipinski definition) is 1. The highest BCUT2D eigenvalue weighted by Gasteiger charge is 2.10. The predicted molar refractivity (Wildman–Crippen MR) is 54.5 cm³/mol. The number of carbonyl (C=O) groups excluding carboxylic acids is 1. The van der Waals surface area contributed by atoms with Gasteiger partial charge in [-0.1, -0.05) is 6.08 Å². The van der Waals surface area contributed by atoms with Crippen LogP contribution >= 0.6 is 12.4 Å². The molecule has 0 aromatic carbocycles. The van der Waals surface area contributed by atoms with Crippen molar-refractivity contribution in [1.29, 1.82) is 0 Å². The van der Waals surface area contributed by atoms with E-state index < -0.39 is 0 Å². The molecule has 1 aliphatic heterocycles. The molecule has 0 amide bonds. The van der Waals surface area contributed by atoms with Crippen molar-refractivity contribution in [2.45, 2.75) is 6.42 Å². The second-order valence-electron chi connectivity index (χ2n) is 2.79. The minimum atomic E-state index is 0. The van der Waals surface area contributed by atoms with Crippen molar-refractivity contribution < 1.29 is 4.79 Å². The summed E-state index contributed by atoms with van der Waals surface area (Å²) in [6, 6.07) is 0. The third-order valence-corrected chi connectivity index (χ3v) is 1.92. The van der Waals surface area contributed by atoms with Gasteiger partial charge in [-0.25, -0.2) is 0 Å². The number of halogens is 1. The maximum absolute atomic E-state index is 11.0. The van der Waals surface area contributed by atoms with Crippen molar-refractivity contribution in [3.8, 4) is 0 Å². The molecule has 3 heteroatoms. The zero-order valence-corrected chi connectivity index (χ0v) is 7.80. The standard InChI is InChI=1S/C10H9NO.ClH/c12-10-2-1-8-3-5-11-6-4-9(8)7-10;/h1-6,11H,7H2;1H. The Morgan fingerprint density at radius 1 is 1.08 bits per heavy atom. The largest absolute Gasteiger partial charge is 0.368 e. The molecule has 0 spiro atoms. The van der Waals surface area contributed by atoms with Crippen LogP contribution in [0.5, 0.6) is 0 Å². The van der Waals surface area contributed by atoms with E-state index in [9.17, 15) is 4.79 Å². The first-order valence-electron chi connectivity index (χ1n) is 3.89. The highest BCUT2D eigenvalue weighted by molar-refractivity contribution is 5.94. The smallest absolute Gasteiger partial charge is 0.160 e. The molecule has 0 saturated heterocycles. The third kappa shape index (κ3) is 2.10. The predicted octanol–water partition coefficient (Wildman–Crippen LogP) is 1.86. The minimum absolute atomic E-state index is 0. The average Bonchev–Trinajstić information content (AvgIpc) is 2.28. The first-order valence-corrected chi connectivity index (χ1v) is 3.89. The van der Waals surface area contributed by atoms with E-state index in [1.165, 1.54) is 0 Å². The number of ketones is 1. The van der Waals surface area contributed by atoms with Gasteiger partial charge in [0.15, 0.2) is 5.78 Å². The summed E-state index contributed by atoms with van der Waals surface area (Å²) in [6.45, 7) is 0. The lowest BCUT2D eigenvalue weighted by molar-refractivity contribution is -0.114. The van der Waals surface area contributed by atoms with E-state index in [0.717, 1.165) is 11.1 Å². The maximum atomic E-state index is 11.0. The van der Waals surface area contributed by atoms with Crippen LogP contribution in [0.1, 0.15) is 6.42 Å². The molecule has 1 heterocycles. The van der Waals surface area contributed by atoms with Crippen LogP contribution in [0.3, 0.4) is 0 Å². The van der Waals surface area contributed by atoms with Crippen LogP contribution in [0.15, 0.2) is 47.9 Å². The molecule has 2 rings (SSSR count). The maximum Gasteiger partial charge on any atom is 0.160 e. The van der Waals surface area contributed by atoms with Gasteiger partial charge in [0.2, 0.25) is 0 Å². The second kappa shape index (κ2) is 4.10. The van der Waals surface area contributed by atoms with E-state index >= 15 is 0 Å². The van der Waals surface area contributed by atoms with Gasteiger partial charge < -0.3 is 5.32 Å². The fourth-order valence-electron chi connectivity index (χ4n) is 1.30. The van der Waals surface area contributed by atoms with E-state index in [-0.39, 0.29) is 18.2 Å². The van der Waals surface area contributed by atoms with E-state index in [1.54, 1.807) is 6.08 Å². The summed E-state index contributed by atoms with van der Waals surface area (Å²) in [5.74, 6) is 0.175. The van der Waals surface area contributed by atoms with Crippen LogP contribution in [-0.2, 0) is 4.79 Å². The molecular weight excluding hydrogens is 186 g/mol. The van der Waals surface area contributed by atoms with Crippen molar-refractivity contribution in [1.82, 2.24) is 5.32 Å². The average molecular weight is 196 g/mol. The molecule has 0 atom stereocenters. The third-order valence-electron chi connectivity index (χ3n) is 1.92. The number of carbonyl (C=O) groups is 1. The number of rotatable bonds is 0. The second-order valence-corrected chi connectivity index (χ2v) is 2.79. The van der Waals surface area contributed by atoms with Crippen LogP contribution in [0.25, 0.3) is 0 Å². The zero-order chi connectivity index (χ0) is 8.39. The van der Waals surface area contributed by atoms with Crippen LogP contribution < -0.4 is 5.32 Å². The Labute approximate surface area is 83.1 Å². The fraction of sp³-hybridized carbons (Fsp3) is 0.100. The van der Waals surface area contributed by atoms with E-state index in [0.29, 0.717) is 6.42 Å². The molecule has 0 aromatic heterocycles. The van der Waals surface area contributed by atoms with Gasteiger partial charge in [0.1, 0.15) is 0 Å². The van der Waals surface area contributed by atoms with Gasteiger partial charge in [0, 0.05) is 18.8 Å². The van der Waals surface area contributed by atoms with Crippen LogP contribution in [0, 0.1) is 0 Å². The molecule has 0 fully saturated rings. The van der Waals surface area contributed by atoms with Gasteiger partial charge >= 0.3 is 0 Å². The first-order chi connectivity index (χ1) is 5.86. The summed E-state index contributed by atoms with van der Waals surface area (Å²) in [4.78, 5) is 11.0. The van der Waals surface area contributed by atoms with Crippen LogP contribution in [0.4, 0.5) is 0 Å². The van der Waals surface area contributed by atoms with Crippen LogP contribution in [0.2, 0.25) is 0 Å². The van der Waals surface area contributed by atoms with Gasteiger partial charge in [-0.15, -0.1) is 12.4 Å². The summed E-state index contributed by atoms with van der Waals surface area (Å²) in [7, 11) is 0. The van der Waals surface area contributed by atoms with E-state index in [4.69, 9.17) is 0 Å². The molecule has 0 radical (unpaired) electrons. The molecular formula is C10H10ClNO. The Morgan fingerprint density at radius 2 is 1.85 bits per heavy atom. The van der Waals surface area contributed by atoms with Crippen molar-refractivity contribution >= 4 is 18.2 Å². The van der Waals surface area contributed by atoms with Gasteiger partial charge in [-0.05, 0) is 29.4 Å². The molecule has 1 N–H and O–H groups in total. The lowest BCUT2D eigenvalue weighted by atomic mass is 9.97. The molecule has 1 aliphatic carbocycles. The van der Waals surface area contributed by atoms with Gasteiger partial charge in [0.05, 0.1) is 0 Å². The Hall–Kier alpha value is -1.28. The summed E-state index contributed by atoms with van der Waals surface area (Å²) in [6.07, 6.45) is 11.6.